The molecule has 6 heteroatoms. The van der Waals surface area contributed by atoms with E-state index in [1.807, 2.05) is 6.92 Å². The highest BCUT2D eigenvalue weighted by atomic mass is 35.5. The first-order valence-electron chi connectivity index (χ1n) is 5.28. The molecule has 0 saturated heterocycles. The monoisotopic (exact) mass is 254 g/mol. The number of aromatic nitrogens is 3. The summed E-state index contributed by atoms with van der Waals surface area (Å²) in [4.78, 5) is 0. The van der Waals surface area contributed by atoms with Gasteiger partial charge in [0.2, 0.25) is 0 Å². The summed E-state index contributed by atoms with van der Waals surface area (Å²) in [5, 5.41) is 11.2. The first kappa shape index (κ1) is 12.0. The van der Waals surface area contributed by atoms with E-state index in [1.54, 1.807) is 18.3 Å². The van der Waals surface area contributed by atoms with Gasteiger partial charge in [-0.05, 0) is 24.7 Å². The van der Waals surface area contributed by atoms with Gasteiger partial charge in [0.25, 0.3) is 0 Å². The molecule has 0 aliphatic rings. The van der Waals surface area contributed by atoms with Gasteiger partial charge in [0.15, 0.2) is 0 Å². The second-order valence-electron chi connectivity index (χ2n) is 3.51. The van der Waals surface area contributed by atoms with Gasteiger partial charge in [0.1, 0.15) is 11.5 Å². The van der Waals surface area contributed by atoms with E-state index < -0.39 is 5.82 Å². The highest BCUT2D eigenvalue weighted by Gasteiger charge is 2.10. The first-order chi connectivity index (χ1) is 8.22. The number of hydrogen-bond donors (Lipinski definition) is 1. The first-order valence-corrected chi connectivity index (χ1v) is 5.66. The van der Waals surface area contributed by atoms with E-state index in [1.165, 1.54) is 10.7 Å². The Balaban J connectivity index is 2.35. The quantitative estimate of drug-likeness (QED) is 0.909. The predicted molar refractivity (Wildman–Crippen MR) is 63.7 cm³/mol. The van der Waals surface area contributed by atoms with E-state index in [4.69, 9.17) is 11.6 Å². The van der Waals surface area contributed by atoms with E-state index in [9.17, 15) is 4.39 Å². The molecule has 0 bridgehead atoms. The molecule has 1 N–H and O–H groups in total. The lowest BCUT2D eigenvalue weighted by molar-refractivity contribution is 0.596. The van der Waals surface area contributed by atoms with Crippen molar-refractivity contribution in [2.75, 3.05) is 6.54 Å². The maximum absolute atomic E-state index is 13.7. The molecule has 2 aromatic rings. The third-order valence-corrected chi connectivity index (χ3v) is 2.55. The minimum Gasteiger partial charge on any atom is -0.311 e. The number of halogens is 2. The Labute approximate surface area is 103 Å². The number of rotatable bonds is 4. The van der Waals surface area contributed by atoms with Crippen LogP contribution in [-0.2, 0) is 6.54 Å². The van der Waals surface area contributed by atoms with Gasteiger partial charge in [-0.15, -0.1) is 5.10 Å². The zero-order valence-electron chi connectivity index (χ0n) is 9.32. The van der Waals surface area contributed by atoms with Crippen molar-refractivity contribution < 1.29 is 4.39 Å². The number of hydrogen-bond acceptors (Lipinski definition) is 3. The maximum atomic E-state index is 13.7. The zero-order valence-corrected chi connectivity index (χ0v) is 10.1. The summed E-state index contributed by atoms with van der Waals surface area (Å²) < 4.78 is 15.2. The number of benzene rings is 1. The van der Waals surface area contributed by atoms with E-state index in [0.29, 0.717) is 17.3 Å². The summed E-state index contributed by atoms with van der Waals surface area (Å²) in [5.41, 5.74) is 1.15. The van der Waals surface area contributed by atoms with Crippen molar-refractivity contribution >= 4 is 11.6 Å². The van der Waals surface area contributed by atoms with Gasteiger partial charge in [-0.1, -0.05) is 23.7 Å². The summed E-state index contributed by atoms with van der Waals surface area (Å²) in [5.74, 6) is -0.416. The Morgan fingerprint density at radius 1 is 1.47 bits per heavy atom. The average Bonchev–Trinajstić information content (AvgIpc) is 2.74. The van der Waals surface area contributed by atoms with Gasteiger partial charge in [-0.25, -0.2) is 9.07 Å². The van der Waals surface area contributed by atoms with Crippen molar-refractivity contribution in [3.8, 4) is 5.69 Å². The third-order valence-electron chi connectivity index (χ3n) is 2.31. The second kappa shape index (κ2) is 5.25. The molecular formula is C11H12ClFN4. The van der Waals surface area contributed by atoms with Gasteiger partial charge < -0.3 is 5.32 Å². The van der Waals surface area contributed by atoms with Crippen molar-refractivity contribution in [3.63, 3.8) is 0 Å². The fourth-order valence-corrected chi connectivity index (χ4v) is 1.64. The Bertz CT molecular complexity index is 512. The topological polar surface area (TPSA) is 42.7 Å². The van der Waals surface area contributed by atoms with Crippen molar-refractivity contribution in [1.82, 2.24) is 20.3 Å². The lowest BCUT2D eigenvalue weighted by atomic mass is 10.3. The van der Waals surface area contributed by atoms with Crippen LogP contribution in [0.2, 0.25) is 5.02 Å². The highest BCUT2D eigenvalue weighted by Crippen LogP contribution is 2.18. The van der Waals surface area contributed by atoms with E-state index >= 15 is 0 Å². The van der Waals surface area contributed by atoms with E-state index in [2.05, 4.69) is 15.6 Å². The molecule has 0 fully saturated rings. The predicted octanol–water partition coefficient (Wildman–Crippen LogP) is 2.17. The largest absolute Gasteiger partial charge is 0.311 e. The van der Waals surface area contributed by atoms with Crippen LogP contribution < -0.4 is 5.32 Å². The molecule has 0 spiro atoms. The van der Waals surface area contributed by atoms with Crippen LogP contribution in [0.25, 0.3) is 5.69 Å². The molecule has 17 heavy (non-hydrogen) atoms. The Hall–Kier alpha value is -1.46. The molecular weight excluding hydrogens is 243 g/mol. The second-order valence-corrected chi connectivity index (χ2v) is 3.95. The molecule has 0 aliphatic carbocycles. The molecule has 1 aromatic carbocycles. The molecule has 1 aromatic heterocycles. The molecule has 0 saturated carbocycles. The Kier molecular flexibility index (Phi) is 3.71. The SMILES string of the molecule is CCNCc1cnnn1-c1ccc(Cl)cc1F. The number of nitrogens with one attached hydrogen (secondary N) is 1. The molecule has 0 amide bonds. The van der Waals surface area contributed by atoms with Gasteiger partial charge in [0, 0.05) is 11.6 Å². The third kappa shape index (κ3) is 2.62. The van der Waals surface area contributed by atoms with Gasteiger partial charge in [-0.3, -0.25) is 0 Å². The smallest absolute Gasteiger partial charge is 0.150 e. The van der Waals surface area contributed by atoms with Crippen LogP contribution in [0.15, 0.2) is 24.4 Å². The van der Waals surface area contributed by atoms with Crippen LogP contribution in [0.5, 0.6) is 0 Å². The summed E-state index contributed by atoms with van der Waals surface area (Å²) >= 11 is 5.70. The molecule has 0 unspecified atom stereocenters. The van der Waals surface area contributed by atoms with Crippen LogP contribution in [0.4, 0.5) is 4.39 Å². The van der Waals surface area contributed by atoms with Crippen molar-refractivity contribution in [2.45, 2.75) is 13.5 Å². The summed E-state index contributed by atoms with van der Waals surface area (Å²) in [6, 6.07) is 4.47. The highest BCUT2D eigenvalue weighted by molar-refractivity contribution is 6.30. The van der Waals surface area contributed by atoms with Crippen LogP contribution in [0, 0.1) is 5.82 Å². The molecule has 0 radical (unpaired) electrons. The minimum atomic E-state index is -0.416. The molecule has 4 nitrogen and oxygen atoms in total. The lowest BCUT2D eigenvalue weighted by Gasteiger charge is -2.07. The zero-order chi connectivity index (χ0) is 12.3. The molecule has 0 atom stereocenters. The summed E-state index contributed by atoms with van der Waals surface area (Å²) in [6.07, 6.45) is 1.61. The molecule has 2 rings (SSSR count). The fraction of sp³-hybridized carbons (Fsp3) is 0.273. The minimum absolute atomic E-state index is 0.347. The standard InChI is InChI=1S/C11H12ClFN4/c1-2-14-6-9-7-15-16-17(9)11-4-3-8(12)5-10(11)13/h3-5,7,14H,2,6H2,1H3. The Morgan fingerprint density at radius 2 is 2.29 bits per heavy atom. The fourth-order valence-electron chi connectivity index (χ4n) is 1.49. The molecule has 1 heterocycles. The van der Waals surface area contributed by atoms with Crippen LogP contribution in [0.1, 0.15) is 12.6 Å². The van der Waals surface area contributed by atoms with Crippen molar-refractivity contribution in [2.24, 2.45) is 0 Å². The van der Waals surface area contributed by atoms with E-state index in [0.717, 1.165) is 12.2 Å². The van der Waals surface area contributed by atoms with Gasteiger partial charge in [-0.2, -0.15) is 0 Å². The molecule has 90 valence electrons. The van der Waals surface area contributed by atoms with Crippen LogP contribution in [0.3, 0.4) is 0 Å². The summed E-state index contributed by atoms with van der Waals surface area (Å²) in [6.45, 7) is 3.41. The van der Waals surface area contributed by atoms with Gasteiger partial charge >= 0.3 is 0 Å². The summed E-state index contributed by atoms with van der Waals surface area (Å²) in [7, 11) is 0. The number of nitrogens with zero attached hydrogens (tertiary/aromatic N) is 3. The maximum Gasteiger partial charge on any atom is 0.150 e. The Morgan fingerprint density at radius 3 is 3.00 bits per heavy atom. The van der Waals surface area contributed by atoms with Crippen LogP contribution in [-0.4, -0.2) is 21.5 Å². The van der Waals surface area contributed by atoms with Crippen LogP contribution >= 0.6 is 11.6 Å². The lowest BCUT2D eigenvalue weighted by Crippen LogP contribution is -2.15. The van der Waals surface area contributed by atoms with Crippen molar-refractivity contribution in [3.05, 3.63) is 40.9 Å². The normalized spacial score (nSPS) is 10.8. The average molecular weight is 255 g/mol. The van der Waals surface area contributed by atoms with Crippen molar-refractivity contribution in [1.29, 1.82) is 0 Å². The molecule has 0 aliphatic heterocycles. The van der Waals surface area contributed by atoms with Gasteiger partial charge in [0.05, 0.1) is 11.9 Å². The van der Waals surface area contributed by atoms with E-state index in [-0.39, 0.29) is 0 Å².